The van der Waals surface area contributed by atoms with Crippen LogP contribution in [-0.4, -0.2) is 29.3 Å². The summed E-state index contributed by atoms with van der Waals surface area (Å²) < 4.78 is 7.34. The van der Waals surface area contributed by atoms with E-state index in [4.69, 9.17) is 4.74 Å². The van der Waals surface area contributed by atoms with Gasteiger partial charge >= 0.3 is 0 Å². The molecule has 0 aliphatic carbocycles. The van der Waals surface area contributed by atoms with Crippen LogP contribution in [0.2, 0.25) is 0 Å². The fraction of sp³-hybridized carbons (Fsp3) is 0.533. The topological polar surface area (TPSA) is 39.1 Å². The number of imidazole rings is 1. The van der Waals surface area contributed by atoms with E-state index in [1.165, 1.54) is 9.75 Å². The average molecular weight is 293 g/mol. The number of nitrogens with one attached hydrogen (secondary N) is 1. The summed E-state index contributed by atoms with van der Waals surface area (Å²) in [6, 6.07) is 5.01. The third kappa shape index (κ3) is 3.84. The van der Waals surface area contributed by atoms with Crippen LogP contribution in [0.5, 0.6) is 0 Å². The van der Waals surface area contributed by atoms with E-state index in [1.807, 2.05) is 23.7 Å². The molecule has 5 heteroatoms. The molecule has 2 rings (SSSR count). The summed E-state index contributed by atoms with van der Waals surface area (Å²) in [7, 11) is 1.72. The van der Waals surface area contributed by atoms with Crippen LogP contribution in [0.4, 0.5) is 5.95 Å². The van der Waals surface area contributed by atoms with E-state index in [0.717, 1.165) is 12.4 Å². The van der Waals surface area contributed by atoms with Crippen LogP contribution in [0.3, 0.4) is 0 Å². The zero-order valence-corrected chi connectivity index (χ0v) is 13.4. The Balaban J connectivity index is 1.97. The second kappa shape index (κ2) is 6.90. The van der Waals surface area contributed by atoms with E-state index in [9.17, 15) is 0 Å². The molecule has 0 radical (unpaired) electrons. The molecule has 4 nitrogen and oxygen atoms in total. The fourth-order valence-corrected chi connectivity index (χ4v) is 3.29. The SMILES string of the molecule is COCC(C)n1ccnc1NC(C)Cc1ccc(C)s1. The number of nitrogens with zero attached hydrogens (tertiary/aromatic N) is 2. The van der Waals surface area contributed by atoms with Crippen molar-refractivity contribution < 1.29 is 4.74 Å². The van der Waals surface area contributed by atoms with Gasteiger partial charge in [-0.1, -0.05) is 0 Å². The predicted octanol–water partition coefficient (Wildman–Crippen LogP) is 3.50. The Kier molecular flexibility index (Phi) is 5.20. The van der Waals surface area contributed by atoms with Gasteiger partial charge in [-0.25, -0.2) is 4.98 Å². The summed E-state index contributed by atoms with van der Waals surface area (Å²) in [5, 5.41) is 3.49. The number of rotatable bonds is 7. The van der Waals surface area contributed by atoms with E-state index in [-0.39, 0.29) is 6.04 Å². The quantitative estimate of drug-likeness (QED) is 0.849. The van der Waals surface area contributed by atoms with Crippen LogP contribution in [0.1, 0.15) is 29.6 Å². The van der Waals surface area contributed by atoms with Gasteiger partial charge in [-0.15, -0.1) is 11.3 Å². The molecule has 0 saturated carbocycles. The summed E-state index contributed by atoms with van der Waals surface area (Å²) >= 11 is 1.86. The normalized spacial score (nSPS) is 14.2. The number of anilines is 1. The largest absolute Gasteiger partial charge is 0.383 e. The smallest absolute Gasteiger partial charge is 0.203 e. The minimum atomic E-state index is 0.279. The fourth-order valence-electron chi connectivity index (χ4n) is 2.27. The van der Waals surface area contributed by atoms with Crippen molar-refractivity contribution in [2.24, 2.45) is 0 Å². The molecule has 0 aliphatic heterocycles. The van der Waals surface area contributed by atoms with Crippen molar-refractivity contribution in [3.63, 3.8) is 0 Å². The van der Waals surface area contributed by atoms with Crippen molar-refractivity contribution in [1.82, 2.24) is 9.55 Å². The highest BCUT2D eigenvalue weighted by atomic mass is 32.1. The van der Waals surface area contributed by atoms with Gasteiger partial charge in [-0.3, -0.25) is 0 Å². The Bertz CT molecular complexity index is 535. The van der Waals surface area contributed by atoms with Gasteiger partial charge in [-0.05, 0) is 32.9 Å². The molecule has 0 saturated heterocycles. The molecular formula is C15H23N3OS. The first-order valence-electron chi connectivity index (χ1n) is 6.93. The van der Waals surface area contributed by atoms with Gasteiger partial charge in [0.05, 0.1) is 12.6 Å². The Morgan fingerprint density at radius 2 is 2.20 bits per heavy atom. The van der Waals surface area contributed by atoms with E-state index in [0.29, 0.717) is 12.6 Å². The molecule has 2 unspecified atom stereocenters. The lowest BCUT2D eigenvalue weighted by atomic mass is 10.2. The number of hydrogen-bond acceptors (Lipinski definition) is 4. The van der Waals surface area contributed by atoms with Crippen LogP contribution in [0.15, 0.2) is 24.5 Å². The number of aryl methyl sites for hydroxylation is 1. The molecule has 2 aromatic rings. The van der Waals surface area contributed by atoms with Crippen LogP contribution in [0, 0.1) is 6.92 Å². The van der Waals surface area contributed by atoms with Crippen LogP contribution in [-0.2, 0) is 11.2 Å². The van der Waals surface area contributed by atoms with Crippen molar-refractivity contribution >= 4 is 17.3 Å². The minimum Gasteiger partial charge on any atom is -0.383 e. The van der Waals surface area contributed by atoms with Gasteiger partial charge in [0.15, 0.2) is 0 Å². The van der Waals surface area contributed by atoms with E-state index >= 15 is 0 Å². The van der Waals surface area contributed by atoms with Gasteiger partial charge in [0, 0.05) is 41.7 Å². The predicted molar refractivity (Wildman–Crippen MR) is 84.7 cm³/mol. The summed E-state index contributed by atoms with van der Waals surface area (Å²) in [6.45, 7) is 7.15. The molecule has 1 N–H and O–H groups in total. The Morgan fingerprint density at radius 1 is 1.40 bits per heavy atom. The number of ether oxygens (including phenoxy) is 1. The first-order chi connectivity index (χ1) is 9.60. The van der Waals surface area contributed by atoms with Crippen molar-refractivity contribution in [1.29, 1.82) is 0 Å². The third-order valence-corrected chi connectivity index (χ3v) is 4.25. The molecule has 2 heterocycles. The maximum Gasteiger partial charge on any atom is 0.203 e. The van der Waals surface area contributed by atoms with Gasteiger partial charge in [0.1, 0.15) is 0 Å². The van der Waals surface area contributed by atoms with Crippen molar-refractivity contribution in [2.75, 3.05) is 19.0 Å². The van der Waals surface area contributed by atoms with Crippen LogP contribution >= 0.6 is 11.3 Å². The monoisotopic (exact) mass is 293 g/mol. The summed E-state index contributed by atoms with van der Waals surface area (Å²) in [4.78, 5) is 7.18. The maximum atomic E-state index is 5.21. The van der Waals surface area contributed by atoms with E-state index in [1.54, 1.807) is 7.11 Å². The van der Waals surface area contributed by atoms with Crippen molar-refractivity contribution in [3.8, 4) is 0 Å². The molecule has 0 spiro atoms. The highest BCUT2D eigenvalue weighted by Gasteiger charge is 2.12. The highest BCUT2D eigenvalue weighted by molar-refractivity contribution is 7.11. The average Bonchev–Trinajstić information content (AvgIpc) is 2.99. The first kappa shape index (κ1) is 15.1. The van der Waals surface area contributed by atoms with Crippen LogP contribution in [0.25, 0.3) is 0 Å². The Labute approximate surface area is 124 Å². The summed E-state index contributed by atoms with van der Waals surface area (Å²) in [5.74, 6) is 0.912. The molecule has 0 bridgehead atoms. The van der Waals surface area contributed by atoms with Gasteiger partial charge in [0.25, 0.3) is 0 Å². The molecular weight excluding hydrogens is 270 g/mol. The molecule has 0 aliphatic rings. The zero-order valence-electron chi connectivity index (χ0n) is 12.6. The summed E-state index contributed by atoms with van der Waals surface area (Å²) in [6.07, 6.45) is 4.84. The minimum absolute atomic E-state index is 0.279. The lowest BCUT2D eigenvalue weighted by Crippen LogP contribution is -2.22. The van der Waals surface area contributed by atoms with Crippen molar-refractivity contribution in [2.45, 2.75) is 39.3 Å². The van der Waals surface area contributed by atoms with Gasteiger partial charge in [0.2, 0.25) is 5.95 Å². The van der Waals surface area contributed by atoms with Crippen LogP contribution < -0.4 is 5.32 Å². The van der Waals surface area contributed by atoms with Crippen molar-refractivity contribution in [3.05, 3.63) is 34.3 Å². The van der Waals surface area contributed by atoms with E-state index < -0.39 is 0 Å². The molecule has 20 heavy (non-hydrogen) atoms. The molecule has 110 valence electrons. The van der Waals surface area contributed by atoms with Gasteiger partial charge in [-0.2, -0.15) is 0 Å². The standard InChI is InChI=1S/C15H23N3OS/c1-11(9-14-6-5-13(3)20-14)17-15-16-7-8-18(15)12(2)10-19-4/h5-8,11-12H,9-10H2,1-4H3,(H,16,17). The Morgan fingerprint density at radius 3 is 2.85 bits per heavy atom. The maximum absolute atomic E-state index is 5.21. The molecule has 0 amide bonds. The molecule has 2 atom stereocenters. The van der Waals surface area contributed by atoms with Gasteiger partial charge < -0.3 is 14.6 Å². The molecule has 2 aromatic heterocycles. The molecule has 0 aromatic carbocycles. The lowest BCUT2D eigenvalue weighted by molar-refractivity contribution is 0.163. The second-order valence-electron chi connectivity index (χ2n) is 5.22. The summed E-state index contributed by atoms with van der Waals surface area (Å²) in [5.41, 5.74) is 0. The molecule has 0 fully saturated rings. The zero-order chi connectivity index (χ0) is 14.5. The number of thiophene rings is 1. The first-order valence-corrected chi connectivity index (χ1v) is 7.75. The highest BCUT2D eigenvalue weighted by Crippen LogP contribution is 2.19. The number of hydrogen-bond donors (Lipinski definition) is 1. The third-order valence-electron chi connectivity index (χ3n) is 3.23. The second-order valence-corrected chi connectivity index (χ2v) is 6.60. The Hall–Kier alpha value is -1.33. The number of aromatic nitrogens is 2. The van der Waals surface area contributed by atoms with E-state index in [2.05, 4.69) is 47.8 Å². The lowest BCUT2D eigenvalue weighted by Gasteiger charge is -2.19. The number of methoxy groups -OCH3 is 1.